The summed E-state index contributed by atoms with van der Waals surface area (Å²) >= 11 is 0. The molecule has 2 aromatic carbocycles. The van der Waals surface area contributed by atoms with Crippen molar-refractivity contribution in [2.75, 3.05) is 0 Å². The van der Waals surface area contributed by atoms with E-state index in [9.17, 15) is 9.50 Å². The number of aromatic hydroxyl groups is 1. The Bertz CT molecular complexity index is 713. The van der Waals surface area contributed by atoms with Gasteiger partial charge in [-0.1, -0.05) is 12.1 Å². The van der Waals surface area contributed by atoms with Crippen LogP contribution < -0.4 is 0 Å². The van der Waals surface area contributed by atoms with Crippen LogP contribution in [0.15, 0.2) is 52.9 Å². The number of hydrogen-bond acceptors (Lipinski definition) is 4. The quantitative estimate of drug-likeness (QED) is 0.724. The Morgan fingerprint density at radius 3 is 2.25 bits per heavy atom. The van der Waals surface area contributed by atoms with E-state index in [4.69, 9.17) is 4.42 Å². The molecule has 0 spiro atoms. The predicted octanol–water partition coefficient (Wildman–Crippen LogP) is 2.33. The molecule has 0 aliphatic heterocycles. The van der Waals surface area contributed by atoms with Gasteiger partial charge < -0.3 is 9.52 Å². The fourth-order valence-corrected chi connectivity index (χ4v) is 1.70. The van der Waals surface area contributed by atoms with Crippen LogP contribution in [-0.4, -0.2) is 25.4 Å². The number of benzene rings is 2. The van der Waals surface area contributed by atoms with Crippen LogP contribution in [0.1, 0.15) is 0 Å². The maximum absolute atomic E-state index is 12.8. The fraction of sp³-hybridized carbons (Fsp3) is 0. The minimum atomic E-state index is -0.329. The number of halogens is 1. The van der Waals surface area contributed by atoms with Crippen LogP contribution in [0.2, 0.25) is 0 Å². The molecule has 0 amide bonds. The molecule has 0 aliphatic rings. The molecule has 6 heteroatoms. The van der Waals surface area contributed by atoms with Crippen molar-refractivity contribution in [3.05, 3.63) is 54.3 Å². The third-order valence-electron chi connectivity index (χ3n) is 2.65. The molecule has 1 aromatic heterocycles. The van der Waals surface area contributed by atoms with Crippen LogP contribution in [-0.2, 0) is 0 Å². The normalized spacial score (nSPS) is 10.1. The number of nitrogens with zero attached hydrogens (tertiary/aromatic N) is 2. The van der Waals surface area contributed by atoms with Crippen molar-refractivity contribution in [1.82, 2.24) is 10.2 Å². The molecule has 0 saturated carbocycles. The van der Waals surface area contributed by atoms with Crippen molar-refractivity contribution in [3.63, 3.8) is 0 Å². The van der Waals surface area contributed by atoms with E-state index in [0.29, 0.717) is 11.1 Å². The molecular formula is C14H11BeFN2O2. The zero-order valence-electron chi connectivity index (χ0n) is 9.75. The third kappa shape index (κ3) is 2.58. The molecule has 0 atom stereocenters. The van der Waals surface area contributed by atoms with Crippen LogP contribution in [0.3, 0.4) is 0 Å². The van der Waals surface area contributed by atoms with Gasteiger partial charge in [0.15, 0.2) is 0 Å². The van der Waals surface area contributed by atoms with Gasteiger partial charge in [0.1, 0.15) is 11.6 Å². The molecule has 0 aliphatic carbocycles. The molecule has 0 radical (unpaired) electrons. The minimum absolute atomic E-state index is 0. The number of phenols is 1. The molecule has 0 unspecified atom stereocenters. The maximum atomic E-state index is 12.8. The summed E-state index contributed by atoms with van der Waals surface area (Å²) in [5.74, 6) is 0.233. The Balaban J connectivity index is 0.00000147. The van der Waals surface area contributed by atoms with E-state index in [1.807, 2.05) is 0 Å². The van der Waals surface area contributed by atoms with E-state index in [1.165, 1.54) is 18.2 Å². The van der Waals surface area contributed by atoms with Crippen LogP contribution in [0.5, 0.6) is 5.75 Å². The van der Waals surface area contributed by atoms with E-state index in [1.54, 1.807) is 30.3 Å². The molecule has 1 heterocycles. The van der Waals surface area contributed by atoms with Crippen molar-refractivity contribution in [3.8, 4) is 28.7 Å². The average Bonchev–Trinajstić information content (AvgIpc) is 2.89. The van der Waals surface area contributed by atoms with Crippen LogP contribution in [0, 0.1) is 5.82 Å². The third-order valence-corrected chi connectivity index (χ3v) is 2.65. The van der Waals surface area contributed by atoms with Gasteiger partial charge in [0, 0.05) is 5.56 Å². The Kier molecular flexibility index (Phi) is 3.91. The summed E-state index contributed by atoms with van der Waals surface area (Å²) in [5.41, 5.74) is 1.08. The summed E-state index contributed by atoms with van der Waals surface area (Å²) in [6.45, 7) is 0. The molecule has 3 rings (SSSR count). The van der Waals surface area contributed by atoms with Crippen molar-refractivity contribution in [2.24, 2.45) is 0 Å². The molecule has 0 fully saturated rings. The molecule has 4 nitrogen and oxygen atoms in total. The van der Waals surface area contributed by atoms with Gasteiger partial charge in [0.2, 0.25) is 5.89 Å². The van der Waals surface area contributed by atoms with Gasteiger partial charge in [-0.2, -0.15) is 0 Å². The Labute approximate surface area is 118 Å². The standard InChI is InChI=1S/C14H9FN2O2.Be.2H/c15-10-7-5-9(6-8-10)13-16-17-14(19-13)11-3-1-2-4-12(11)18;;;/h1-8,18H;;;. The Morgan fingerprint density at radius 1 is 0.900 bits per heavy atom. The van der Waals surface area contributed by atoms with Gasteiger partial charge in [-0.25, -0.2) is 4.39 Å². The first-order valence-electron chi connectivity index (χ1n) is 5.62. The van der Waals surface area contributed by atoms with Gasteiger partial charge in [-0.15, -0.1) is 10.2 Å². The summed E-state index contributed by atoms with van der Waals surface area (Å²) in [5, 5.41) is 17.5. The number of hydrogen-bond donors (Lipinski definition) is 1. The number of phenolic OH excluding ortho intramolecular Hbond substituents is 1. The summed E-state index contributed by atoms with van der Waals surface area (Å²) < 4.78 is 18.3. The Morgan fingerprint density at radius 2 is 1.55 bits per heavy atom. The van der Waals surface area contributed by atoms with Crippen LogP contribution in [0.25, 0.3) is 22.9 Å². The van der Waals surface area contributed by atoms with Crippen molar-refractivity contribution >= 4 is 10.1 Å². The van der Waals surface area contributed by atoms with E-state index < -0.39 is 0 Å². The second-order valence-electron chi connectivity index (χ2n) is 3.94. The number of rotatable bonds is 2. The first kappa shape index (κ1) is 13.9. The molecule has 0 bridgehead atoms. The fourth-order valence-electron chi connectivity index (χ4n) is 1.70. The van der Waals surface area contributed by atoms with E-state index in [2.05, 4.69) is 10.2 Å². The summed E-state index contributed by atoms with van der Waals surface area (Å²) in [7, 11) is 0. The zero-order valence-corrected chi connectivity index (χ0v) is 9.75. The van der Waals surface area contributed by atoms with Crippen molar-refractivity contribution < 1.29 is 13.9 Å². The van der Waals surface area contributed by atoms with Gasteiger partial charge >= 0.3 is 10.1 Å². The number of para-hydroxylation sites is 1. The van der Waals surface area contributed by atoms with E-state index >= 15 is 0 Å². The van der Waals surface area contributed by atoms with E-state index in [0.717, 1.165) is 0 Å². The first-order chi connectivity index (χ1) is 9.24. The van der Waals surface area contributed by atoms with Crippen molar-refractivity contribution in [1.29, 1.82) is 0 Å². The average molecular weight is 267 g/mol. The monoisotopic (exact) mass is 267 g/mol. The van der Waals surface area contributed by atoms with Gasteiger partial charge in [-0.3, -0.25) is 0 Å². The number of aromatic nitrogens is 2. The molecule has 98 valence electrons. The van der Waals surface area contributed by atoms with Crippen molar-refractivity contribution in [2.45, 2.75) is 0 Å². The van der Waals surface area contributed by atoms with E-state index in [-0.39, 0.29) is 33.5 Å². The van der Waals surface area contributed by atoms with Gasteiger partial charge in [0.25, 0.3) is 5.89 Å². The first-order valence-corrected chi connectivity index (χ1v) is 5.62. The zero-order chi connectivity index (χ0) is 13.2. The molecule has 1 N–H and O–H groups in total. The summed E-state index contributed by atoms with van der Waals surface area (Å²) in [6, 6.07) is 12.4. The molecular weight excluding hydrogens is 256 g/mol. The van der Waals surface area contributed by atoms with Crippen LogP contribution >= 0.6 is 0 Å². The van der Waals surface area contributed by atoms with Crippen LogP contribution in [0.4, 0.5) is 4.39 Å². The Hall–Kier alpha value is -2.52. The molecule has 3 aromatic rings. The second-order valence-corrected chi connectivity index (χ2v) is 3.94. The van der Waals surface area contributed by atoms with Gasteiger partial charge in [-0.05, 0) is 36.4 Å². The topological polar surface area (TPSA) is 59.2 Å². The summed E-state index contributed by atoms with van der Waals surface area (Å²) in [6.07, 6.45) is 0. The predicted molar refractivity (Wildman–Crippen MR) is 75.3 cm³/mol. The second kappa shape index (κ2) is 5.63. The SMILES string of the molecule is Oc1ccccc1-c1nnc(-c2ccc(F)cc2)o1.[BeH2]. The van der Waals surface area contributed by atoms with Gasteiger partial charge in [0.05, 0.1) is 5.56 Å². The molecule has 0 saturated heterocycles. The summed E-state index contributed by atoms with van der Waals surface area (Å²) in [4.78, 5) is 0. The molecule has 20 heavy (non-hydrogen) atoms.